The van der Waals surface area contributed by atoms with Crippen molar-refractivity contribution in [2.45, 2.75) is 24.7 Å². The van der Waals surface area contributed by atoms with Crippen LogP contribution in [0.15, 0.2) is 85.2 Å². The van der Waals surface area contributed by atoms with E-state index in [1.54, 1.807) is 12.4 Å². The van der Waals surface area contributed by atoms with Crippen molar-refractivity contribution in [1.82, 2.24) is 15.0 Å². The number of fused-ring (bicyclic) bond motifs is 1. The van der Waals surface area contributed by atoms with Crippen molar-refractivity contribution in [1.29, 1.82) is 0 Å². The van der Waals surface area contributed by atoms with Gasteiger partial charge in [0.15, 0.2) is 0 Å². The number of benzene rings is 3. The second-order valence-electron chi connectivity index (χ2n) is 8.77. The highest BCUT2D eigenvalue weighted by atomic mass is 19.1. The first-order chi connectivity index (χ1) is 16.1. The Kier molecular flexibility index (Phi) is 4.50. The Morgan fingerprint density at radius 1 is 0.788 bits per heavy atom. The van der Waals surface area contributed by atoms with Crippen LogP contribution in [-0.4, -0.2) is 15.0 Å². The van der Waals surface area contributed by atoms with E-state index in [9.17, 15) is 4.39 Å². The smallest absolute Gasteiger partial charge is 0.219 e. The fraction of sp³-hybridized carbons (Fsp3) is 0.143. The van der Waals surface area contributed by atoms with E-state index in [-0.39, 0.29) is 17.2 Å². The average Bonchev–Trinajstić information content (AvgIpc) is 3.20. The minimum Gasteiger partial charge on any atom is -0.368 e. The summed E-state index contributed by atoms with van der Waals surface area (Å²) >= 11 is 0. The van der Waals surface area contributed by atoms with Gasteiger partial charge in [0.1, 0.15) is 5.82 Å². The third kappa shape index (κ3) is 3.20. The molecule has 2 aromatic heterocycles. The summed E-state index contributed by atoms with van der Waals surface area (Å²) in [6, 6.07) is 23.9. The van der Waals surface area contributed by atoms with Crippen molar-refractivity contribution in [3.05, 3.63) is 102 Å². The predicted molar refractivity (Wildman–Crippen MR) is 130 cm³/mol. The van der Waals surface area contributed by atoms with Crippen LogP contribution in [0.3, 0.4) is 0 Å². The van der Waals surface area contributed by atoms with Gasteiger partial charge in [-0.15, -0.1) is 0 Å². The second-order valence-corrected chi connectivity index (χ2v) is 8.77. The number of nitrogen functional groups attached to an aromatic ring is 1. The van der Waals surface area contributed by atoms with Crippen LogP contribution < -0.4 is 5.73 Å². The Balaban J connectivity index is 1.50. The molecule has 1 fully saturated rings. The number of nitrogens with one attached hydrogen (secondary N) is 1. The SMILES string of the molecule is Nc1ncc(-c2ccc(C3(c4c(-c5ccc(F)cc5)[nH]c5ccccc45)CCC3)cc2)cn1. The maximum atomic E-state index is 13.7. The fourth-order valence-corrected chi connectivity index (χ4v) is 5.15. The highest BCUT2D eigenvalue weighted by Gasteiger charge is 2.43. The van der Waals surface area contributed by atoms with Crippen molar-refractivity contribution in [3.63, 3.8) is 0 Å². The molecule has 5 aromatic rings. The van der Waals surface area contributed by atoms with E-state index in [0.717, 1.165) is 40.7 Å². The molecule has 1 aliphatic rings. The monoisotopic (exact) mass is 434 g/mol. The molecule has 0 unspecified atom stereocenters. The molecule has 4 nitrogen and oxygen atoms in total. The molecule has 33 heavy (non-hydrogen) atoms. The zero-order valence-corrected chi connectivity index (χ0v) is 18.1. The summed E-state index contributed by atoms with van der Waals surface area (Å²) < 4.78 is 13.7. The van der Waals surface area contributed by atoms with Crippen LogP contribution in [0.1, 0.15) is 30.4 Å². The topological polar surface area (TPSA) is 67.6 Å². The number of nitrogens with zero attached hydrogens (tertiary/aromatic N) is 2. The van der Waals surface area contributed by atoms with Gasteiger partial charge in [0, 0.05) is 34.3 Å². The molecule has 3 N–H and O–H groups in total. The van der Waals surface area contributed by atoms with Crippen LogP contribution in [0.2, 0.25) is 0 Å². The quantitative estimate of drug-likeness (QED) is 0.340. The van der Waals surface area contributed by atoms with Crippen molar-refractivity contribution in [3.8, 4) is 22.4 Å². The van der Waals surface area contributed by atoms with Gasteiger partial charge in [-0.05, 0) is 65.4 Å². The van der Waals surface area contributed by atoms with Crippen LogP contribution in [0.25, 0.3) is 33.3 Å². The summed E-state index contributed by atoms with van der Waals surface area (Å²) in [6.45, 7) is 0. The molecule has 2 heterocycles. The molecule has 0 bridgehead atoms. The standard InChI is InChI=1S/C28H23FN4/c29-22-12-8-19(9-13-22)26-25(23-4-1-2-5-24(23)33-26)28(14-3-15-28)21-10-6-18(7-11-21)20-16-31-27(30)32-17-20/h1-2,4-13,16-17,33H,3,14-15H2,(H2,30,31,32). The van der Waals surface area contributed by atoms with Gasteiger partial charge in [-0.3, -0.25) is 0 Å². The van der Waals surface area contributed by atoms with Gasteiger partial charge in [-0.25, -0.2) is 14.4 Å². The number of anilines is 1. The summed E-state index contributed by atoms with van der Waals surface area (Å²) in [6.07, 6.45) is 6.84. The summed E-state index contributed by atoms with van der Waals surface area (Å²) in [5, 5.41) is 1.23. The lowest BCUT2D eigenvalue weighted by Crippen LogP contribution is -2.35. The highest BCUT2D eigenvalue weighted by Crippen LogP contribution is 2.54. The van der Waals surface area contributed by atoms with Crippen molar-refractivity contribution < 1.29 is 4.39 Å². The number of hydrogen-bond donors (Lipinski definition) is 2. The third-order valence-corrected chi connectivity index (χ3v) is 6.97. The Labute approximate surface area is 191 Å². The van der Waals surface area contributed by atoms with E-state index < -0.39 is 0 Å². The number of rotatable bonds is 4. The van der Waals surface area contributed by atoms with Gasteiger partial charge in [-0.2, -0.15) is 0 Å². The van der Waals surface area contributed by atoms with Crippen LogP contribution in [0.4, 0.5) is 10.3 Å². The minimum absolute atomic E-state index is 0.0839. The van der Waals surface area contributed by atoms with Crippen molar-refractivity contribution in [2.24, 2.45) is 0 Å². The summed E-state index contributed by atoms with van der Waals surface area (Å²) in [5.41, 5.74) is 13.3. The number of H-pyrrole nitrogens is 1. The fourth-order valence-electron chi connectivity index (χ4n) is 5.15. The van der Waals surface area contributed by atoms with Crippen molar-refractivity contribution in [2.75, 3.05) is 5.73 Å². The van der Waals surface area contributed by atoms with E-state index in [1.807, 2.05) is 18.2 Å². The van der Waals surface area contributed by atoms with Gasteiger partial charge in [0.25, 0.3) is 0 Å². The third-order valence-electron chi connectivity index (χ3n) is 6.97. The Morgan fingerprint density at radius 2 is 1.45 bits per heavy atom. The van der Waals surface area contributed by atoms with Gasteiger partial charge < -0.3 is 10.7 Å². The maximum absolute atomic E-state index is 13.7. The molecule has 0 spiro atoms. The molecule has 5 heteroatoms. The van der Waals surface area contributed by atoms with Gasteiger partial charge in [0.05, 0.1) is 5.69 Å². The first kappa shape index (κ1) is 19.7. The summed E-state index contributed by atoms with van der Waals surface area (Å²) in [4.78, 5) is 11.9. The molecule has 162 valence electrons. The molecular weight excluding hydrogens is 411 g/mol. The summed E-state index contributed by atoms with van der Waals surface area (Å²) in [5.74, 6) is 0.0495. The largest absolute Gasteiger partial charge is 0.368 e. The maximum Gasteiger partial charge on any atom is 0.219 e. The Morgan fingerprint density at radius 3 is 2.12 bits per heavy atom. The molecule has 3 aromatic carbocycles. The molecule has 0 saturated heterocycles. The number of halogens is 1. The highest BCUT2D eigenvalue weighted by molar-refractivity contribution is 5.93. The van der Waals surface area contributed by atoms with Crippen LogP contribution in [-0.2, 0) is 5.41 Å². The number of nitrogens with two attached hydrogens (primary N) is 1. The zero-order chi connectivity index (χ0) is 22.4. The van der Waals surface area contributed by atoms with E-state index in [1.165, 1.54) is 35.1 Å². The lowest BCUT2D eigenvalue weighted by atomic mass is 9.59. The number of para-hydroxylation sites is 1. The zero-order valence-electron chi connectivity index (χ0n) is 18.1. The van der Waals surface area contributed by atoms with Gasteiger partial charge in [0.2, 0.25) is 5.95 Å². The van der Waals surface area contributed by atoms with E-state index in [4.69, 9.17) is 5.73 Å². The van der Waals surface area contributed by atoms with Crippen LogP contribution in [0, 0.1) is 5.82 Å². The van der Waals surface area contributed by atoms with Gasteiger partial charge in [-0.1, -0.05) is 48.9 Å². The molecule has 0 atom stereocenters. The predicted octanol–water partition coefficient (Wildman–Crippen LogP) is 6.48. The number of hydrogen-bond acceptors (Lipinski definition) is 3. The number of aromatic nitrogens is 3. The summed E-state index contributed by atoms with van der Waals surface area (Å²) in [7, 11) is 0. The molecule has 6 rings (SSSR count). The minimum atomic E-state index is -0.225. The average molecular weight is 435 g/mol. The molecular formula is C28H23FN4. The van der Waals surface area contributed by atoms with Gasteiger partial charge >= 0.3 is 0 Å². The van der Waals surface area contributed by atoms with E-state index in [0.29, 0.717) is 0 Å². The second kappa shape index (κ2) is 7.55. The molecule has 0 amide bonds. The Bertz CT molecular complexity index is 1430. The van der Waals surface area contributed by atoms with Crippen molar-refractivity contribution >= 4 is 16.9 Å². The number of aromatic amines is 1. The molecule has 1 saturated carbocycles. The van der Waals surface area contributed by atoms with Crippen LogP contribution in [0.5, 0.6) is 0 Å². The van der Waals surface area contributed by atoms with E-state index in [2.05, 4.69) is 57.4 Å². The normalized spacial score (nSPS) is 14.8. The Hall–Kier alpha value is -3.99. The lowest BCUT2D eigenvalue weighted by molar-refractivity contribution is 0.304. The van der Waals surface area contributed by atoms with Crippen LogP contribution >= 0.6 is 0 Å². The lowest BCUT2D eigenvalue weighted by Gasteiger charge is -2.43. The molecule has 1 aliphatic carbocycles. The van der Waals surface area contributed by atoms with E-state index >= 15 is 0 Å². The molecule has 0 aliphatic heterocycles. The molecule has 0 radical (unpaired) electrons. The first-order valence-electron chi connectivity index (χ1n) is 11.2. The first-order valence-corrected chi connectivity index (χ1v) is 11.2.